The van der Waals surface area contributed by atoms with Gasteiger partial charge in [-0.05, 0) is 89.2 Å². The molecule has 0 aromatic heterocycles. The number of carbonyl (C=O) groups is 1. The number of allylic oxidation sites excluding steroid dienone is 20. The summed E-state index contributed by atoms with van der Waals surface area (Å²) < 4.78 is 0. The minimum absolute atomic E-state index is 0.0925. The van der Waals surface area contributed by atoms with E-state index < -0.39 is 11.5 Å². The number of aliphatic hydroxyl groups is 1. The summed E-state index contributed by atoms with van der Waals surface area (Å²) in [4.78, 5) is 12.9. The molecule has 228 valence electrons. The van der Waals surface area contributed by atoms with E-state index in [-0.39, 0.29) is 16.6 Å². The molecule has 1 N–H and O–H groups in total. The van der Waals surface area contributed by atoms with Crippen LogP contribution in [0.4, 0.5) is 0 Å². The number of ketones is 1. The van der Waals surface area contributed by atoms with Crippen LogP contribution in [0.5, 0.6) is 0 Å². The number of rotatable bonds is 11. The Balaban J connectivity index is 1.88. The Morgan fingerprint density at radius 1 is 0.714 bits per heavy atom. The summed E-state index contributed by atoms with van der Waals surface area (Å²) in [5, 5.41) is 10.1. The molecule has 0 aromatic carbocycles. The topological polar surface area (TPSA) is 37.3 Å². The van der Waals surface area contributed by atoms with E-state index in [4.69, 9.17) is 0 Å². The molecule has 2 rings (SSSR count). The van der Waals surface area contributed by atoms with E-state index in [2.05, 4.69) is 116 Å². The predicted molar refractivity (Wildman–Crippen MR) is 183 cm³/mol. The van der Waals surface area contributed by atoms with Crippen molar-refractivity contribution in [3.05, 3.63) is 119 Å². The molecule has 2 aliphatic rings. The molecule has 0 saturated heterocycles. The summed E-state index contributed by atoms with van der Waals surface area (Å²) in [6.45, 7) is 21.5. The number of aliphatic hydroxyl groups excluding tert-OH is 1. The van der Waals surface area contributed by atoms with Crippen LogP contribution in [0.1, 0.15) is 101 Å². The monoisotopic (exact) mass is 568 g/mol. The highest BCUT2D eigenvalue weighted by Crippen LogP contribution is 2.53. The van der Waals surface area contributed by atoms with Crippen LogP contribution in [0, 0.1) is 16.2 Å². The summed E-state index contributed by atoms with van der Waals surface area (Å²) in [6.07, 6.45) is 33.5. The third-order valence-corrected chi connectivity index (χ3v) is 9.25. The van der Waals surface area contributed by atoms with E-state index in [1.54, 1.807) is 6.08 Å². The van der Waals surface area contributed by atoms with Crippen molar-refractivity contribution in [1.82, 2.24) is 0 Å². The molecule has 2 nitrogen and oxygen atoms in total. The van der Waals surface area contributed by atoms with Gasteiger partial charge in [-0.15, -0.1) is 0 Å². The highest BCUT2D eigenvalue weighted by molar-refractivity contribution is 5.95. The highest BCUT2D eigenvalue weighted by atomic mass is 16.3. The average molecular weight is 569 g/mol. The second-order valence-corrected chi connectivity index (χ2v) is 14.0. The van der Waals surface area contributed by atoms with E-state index in [0.29, 0.717) is 12.8 Å². The Morgan fingerprint density at radius 2 is 1.21 bits per heavy atom. The zero-order valence-electron chi connectivity index (χ0n) is 28.1. The lowest BCUT2D eigenvalue weighted by Gasteiger charge is -2.35. The molecule has 0 bridgehead atoms. The van der Waals surface area contributed by atoms with Crippen molar-refractivity contribution in [3.8, 4) is 0 Å². The van der Waals surface area contributed by atoms with Crippen LogP contribution in [0.2, 0.25) is 0 Å². The summed E-state index contributed by atoms with van der Waals surface area (Å²) in [6, 6.07) is 0. The molecule has 1 fully saturated rings. The number of hydrogen-bond donors (Lipinski definition) is 1. The zero-order chi connectivity index (χ0) is 31.6. The Hall–Kier alpha value is -2.97. The van der Waals surface area contributed by atoms with E-state index in [0.717, 1.165) is 11.1 Å². The molecule has 42 heavy (non-hydrogen) atoms. The van der Waals surface area contributed by atoms with Gasteiger partial charge in [0, 0.05) is 5.41 Å². The molecule has 0 amide bonds. The maximum atomic E-state index is 12.9. The maximum Gasteiger partial charge on any atom is 0.162 e. The third kappa shape index (κ3) is 10.4. The highest BCUT2D eigenvalue weighted by Gasteiger charge is 2.52. The van der Waals surface area contributed by atoms with Crippen LogP contribution in [0.15, 0.2) is 119 Å². The van der Waals surface area contributed by atoms with Gasteiger partial charge in [-0.3, -0.25) is 4.79 Å². The van der Waals surface area contributed by atoms with Gasteiger partial charge >= 0.3 is 0 Å². The first-order chi connectivity index (χ1) is 19.6. The standard InChI is InChI=1S/C40H56O2/c1-30(18-13-20-32(3)23-25-36-34(5)22-15-27-38(36,6)7)16-11-12-17-31(2)19-14-21-33(4)24-26-37(42)40(10)29-35(41)28-39(40,8)9/h11-14,16-21,23-26,35,41H,15,22,27-29H2,1-10H3. The first-order valence-electron chi connectivity index (χ1n) is 15.6. The van der Waals surface area contributed by atoms with E-state index >= 15 is 0 Å². The minimum atomic E-state index is -0.524. The van der Waals surface area contributed by atoms with Crippen molar-refractivity contribution in [2.75, 3.05) is 0 Å². The molecular weight excluding hydrogens is 512 g/mol. The van der Waals surface area contributed by atoms with Gasteiger partial charge in [0.2, 0.25) is 0 Å². The Morgan fingerprint density at radius 3 is 1.71 bits per heavy atom. The smallest absolute Gasteiger partial charge is 0.162 e. The fraction of sp³-hybridized carbons (Fsp3) is 0.475. The van der Waals surface area contributed by atoms with Crippen molar-refractivity contribution >= 4 is 5.78 Å². The summed E-state index contributed by atoms with van der Waals surface area (Å²) in [5.41, 5.74) is 7.17. The maximum absolute atomic E-state index is 12.9. The second-order valence-electron chi connectivity index (χ2n) is 14.0. The van der Waals surface area contributed by atoms with Crippen LogP contribution in [0.3, 0.4) is 0 Å². The van der Waals surface area contributed by atoms with Crippen molar-refractivity contribution in [3.63, 3.8) is 0 Å². The van der Waals surface area contributed by atoms with Crippen LogP contribution >= 0.6 is 0 Å². The summed E-state index contributed by atoms with van der Waals surface area (Å²) in [7, 11) is 0. The van der Waals surface area contributed by atoms with Crippen molar-refractivity contribution < 1.29 is 9.90 Å². The fourth-order valence-corrected chi connectivity index (χ4v) is 6.02. The minimum Gasteiger partial charge on any atom is -0.393 e. The molecule has 0 aromatic rings. The Bertz CT molecular complexity index is 1280. The molecular formula is C40H56O2. The lowest BCUT2D eigenvalue weighted by atomic mass is 9.66. The van der Waals surface area contributed by atoms with E-state index in [1.807, 2.05) is 32.1 Å². The molecule has 0 spiro atoms. The third-order valence-electron chi connectivity index (χ3n) is 9.25. The number of hydrogen-bond acceptors (Lipinski definition) is 2. The normalized spacial score (nSPS) is 26.3. The van der Waals surface area contributed by atoms with Crippen LogP contribution in [-0.2, 0) is 4.79 Å². The quantitative estimate of drug-likeness (QED) is 0.199. The van der Waals surface area contributed by atoms with E-state index in [9.17, 15) is 9.90 Å². The van der Waals surface area contributed by atoms with Crippen molar-refractivity contribution in [2.45, 2.75) is 107 Å². The lowest BCUT2D eigenvalue weighted by Crippen LogP contribution is -2.36. The van der Waals surface area contributed by atoms with Gasteiger partial charge in [0.25, 0.3) is 0 Å². The number of carbonyl (C=O) groups excluding carboxylic acids is 1. The molecule has 2 atom stereocenters. The van der Waals surface area contributed by atoms with Crippen LogP contribution < -0.4 is 0 Å². The Kier molecular flexibility index (Phi) is 13.0. The zero-order valence-corrected chi connectivity index (χ0v) is 28.1. The van der Waals surface area contributed by atoms with Crippen molar-refractivity contribution in [2.24, 2.45) is 16.2 Å². The van der Waals surface area contributed by atoms with Gasteiger partial charge in [-0.1, -0.05) is 141 Å². The molecule has 0 radical (unpaired) electrons. The molecule has 0 heterocycles. The lowest BCUT2D eigenvalue weighted by molar-refractivity contribution is -0.127. The fourth-order valence-electron chi connectivity index (χ4n) is 6.02. The van der Waals surface area contributed by atoms with Crippen molar-refractivity contribution in [1.29, 1.82) is 0 Å². The van der Waals surface area contributed by atoms with Gasteiger partial charge in [0.1, 0.15) is 0 Å². The van der Waals surface area contributed by atoms with Gasteiger partial charge in [-0.2, -0.15) is 0 Å². The SMILES string of the molecule is CC(C=CC=C(C)C=CC(=O)C1(C)CC(O)CC1(C)C)=CC=CC=C(C)C=CC=C(C)C=CC1=C(C)CCCC1(C)C. The average Bonchev–Trinajstić information content (AvgIpc) is 3.10. The van der Waals surface area contributed by atoms with Gasteiger partial charge < -0.3 is 5.11 Å². The Labute approximate surface area is 257 Å². The molecule has 2 heteroatoms. The first kappa shape index (κ1) is 35.2. The van der Waals surface area contributed by atoms with Gasteiger partial charge in [-0.25, -0.2) is 0 Å². The second kappa shape index (κ2) is 15.5. The molecule has 2 unspecified atom stereocenters. The van der Waals surface area contributed by atoms with Crippen LogP contribution in [0.25, 0.3) is 0 Å². The largest absolute Gasteiger partial charge is 0.393 e. The van der Waals surface area contributed by atoms with E-state index in [1.165, 1.54) is 41.6 Å². The predicted octanol–water partition coefficient (Wildman–Crippen LogP) is 10.8. The molecule has 2 aliphatic carbocycles. The first-order valence-corrected chi connectivity index (χ1v) is 15.6. The van der Waals surface area contributed by atoms with Gasteiger partial charge in [0.15, 0.2) is 5.78 Å². The summed E-state index contributed by atoms with van der Waals surface area (Å²) in [5.74, 6) is 0.0925. The van der Waals surface area contributed by atoms with Crippen LogP contribution in [-0.4, -0.2) is 17.0 Å². The summed E-state index contributed by atoms with van der Waals surface area (Å²) >= 11 is 0. The van der Waals surface area contributed by atoms with Gasteiger partial charge in [0.05, 0.1) is 6.10 Å². The molecule has 0 aliphatic heterocycles. The molecule has 1 saturated carbocycles.